The van der Waals surface area contributed by atoms with Gasteiger partial charge in [0, 0.05) is 11.5 Å². The molecule has 0 aliphatic carbocycles. The van der Waals surface area contributed by atoms with Crippen LogP contribution in [0.5, 0.6) is 5.75 Å². The Hall–Kier alpha value is -3.23. The first-order valence-electron chi connectivity index (χ1n) is 12.4. The lowest BCUT2D eigenvalue weighted by Gasteiger charge is -2.24. The van der Waals surface area contributed by atoms with E-state index in [4.69, 9.17) is 9.57 Å². The highest BCUT2D eigenvalue weighted by molar-refractivity contribution is 5.96. The molecule has 36 heavy (non-hydrogen) atoms. The van der Waals surface area contributed by atoms with Crippen molar-refractivity contribution < 1.29 is 18.8 Å². The van der Waals surface area contributed by atoms with Crippen molar-refractivity contribution in [3.05, 3.63) is 57.3 Å². The smallest absolute Gasteiger partial charge is 0.270 e. The second kappa shape index (κ2) is 13.2. The van der Waals surface area contributed by atoms with Crippen molar-refractivity contribution in [2.45, 2.75) is 80.0 Å². The number of carbonyl (C=O) groups is 1. The Morgan fingerprint density at radius 1 is 1.11 bits per heavy atom. The predicted octanol–water partition coefficient (Wildman–Crippen LogP) is 4.12. The van der Waals surface area contributed by atoms with Gasteiger partial charge in [-0.05, 0) is 69.4 Å². The van der Waals surface area contributed by atoms with Gasteiger partial charge in [0.25, 0.3) is 5.56 Å². The third-order valence-corrected chi connectivity index (χ3v) is 5.75. The molecule has 0 spiro atoms. The van der Waals surface area contributed by atoms with Crippen LogP contribution in [0.15, 0.2) is 34.2 Å². The van der Waals surface area contributed by atoms with Crippen molar-refractivity contribution in [1.29, 1.82) is 0 Å². The Bertz CT molecular complexity index is 1130. The molecule has 0 saturated carbocycles. The van der Waals surface area contributed by atoms with Gasteiger partial charge in [-0.1, -0.05) is 32.9 Å². The molecule has 0 radical (unpaired) electrons. The highest BCUT2D eigenvalue weighted by atomic mass is 19.1. The molecule has 0 aliphatic heterocycles. The largest absolute Gasteiger partial charge is 0.496 e. The highest BCUT2D eigenvalue weighted by Crippen LogP contribution is 2.21. The quantitative estimate of drug-likeness (QED) is 0.348. The van der Waals surface area contributed by atoms with Crippen LogP contribution in [0.1, 0.15) is 65.3 Å². The maximum Gasteiger partial charge on any atom is 0.270 e. The molecule has 0 saturated heterocycles. The van der Waals surface area contributed by atoms with Gasteiger partial charge in [-0.15, -0.1) is 0 Å². The third-order valence-electron chi connectivity index (χ3n) is 5.75. The summed E-state index contributed by atoms with van der Waals surface area (Å²) in [4.78, 5) is 31.2. The van der Waals surface area contributed by atoms with Gasteiger partial charge >= 0.3 is 0 Å². The van der Waals surface area contributed by atoms with Crippen LogP contribution in [0, 0.1) is 17.7 Å². The number of nitrogens with zero attached hydrogens (tertiary/aromatic N) is 3. The molecule has 9 heteroatoms. The number of nitrogens with one attached hydrogen (secondary N) is 1. The van der Waals surface area contributed by atoms with E-state index in [0.29, 0.717) is 41.1 Å². The molecule has 2 aromatic rings. The molecule has 0 bridgehead atoms. The molecule has 1 aromatic carbocycles. The zero-order valence-corrected chi connectivity index (χ0v) is 22.6. The third kappa shape index (κ3) is 8.17. The predicted molar refractivity (Wildman–Crippen MR) is 139 cm³/mol. The van der Waals surface area contributed by atoms with Gasteiger partial charge in [-0.25, -0.2) is 9.07 Å². The maximum atomic E-state index is 13.9. The maximum absolute atomic E-state index is 13.9. The Kier molecular flexibility index (Phi) is 10.6. The second-order valence-electron chi connectivity index (χ2n) is 9.84. The Morgan fingerprint density at radius 3 is 2.36 bits per heavy atom. The number of amides is 1. The standard InChI is InChI=1S/C27H39FN4O4/c1-16(2)24(29-26(33)17(3)4)15-32-27(34)21(14-23(30-32)19(7)31-36-18(5)6)10-9-20-13-22(28)11-12-25(20)35-8/h11-14,16-18,24H,9-10,15H2,1-8H3,(H,29,33). The molecule has 1 amide bonds. The summed E-state index contributed by atoms with van der Waals surface area (Å²) in [5.41, 5.74) is 1.92. The monoisotopic (exact) mass is 502 g/mol. The fraction of sp³-hybridized carbons (Fsp3) is 0.556. The normalized spacial score (nSPS) is 12.8. The second-order valence-corrected chi connectivity index (χ2v) is 9.84. The van der Waals surface area contributed by atoms with E-state index in [1.54, 1.807) is 19.1 Å². The first kappa shape index (κ1) is 29.0. The topological polar surface area (TPSA) is 94.8 Å². The number of rotatable bonds is 12. The van der Waals surface area contributed by atoms with E-state index in [1.165, 1.54) is 23.9 Å². The minimum absolute atomic E-state index is 0.0732. The van der Waals surface area contributed by atoms with Crippen LogP contribution < -0.4 is 15.6 Å². The van der Waals surface area contributed by atoms with Crippen LogP contribution in [-0.2, 0) is 29.0 Å². The van der Waals surface area contributed by atoms with Gasteiger partial charge < -0.3 is 14.9 Å². The molecule has 1 atom stereocenters. The van der Waals surface area contributed by atoms with E-state index in [9.17, 15) is 14.0 Å². The van der Waals surface area contributed by atoms with Crippen LogP contribution in [0.4, 0.5) is 4.39 Å². The number of aryl methyl sites for hydroxylation is 2. The van der Waals surface area contributed by atoms with Crippen molar-refractivity contribution in [2.24, 2.45) is 17.0 Å². The SMILES string of the molecule is COc1ccc(F)cc1CCc1cc(C(C)=NOC(C)C)nn(CC(NC(=O)C(C)C)C(C)C)c1=O. The van der Waals surface area contributed by atoms with Crippen molar-refractivity contribution in [3.8, 4) is 5.75 Å². The van der Waals surface area contributed by atoms with Gasteiger partial charge in [0.05, 0.1) is 19.7 Å². The lowest BCUT2D eigenvalue weighted by atomic mass is 10.0. The summed E-state index contributed by atoms with van der Waals surface area (Å²) in [6.45, 7) is 13.3. The zero-order valence-electron chi connectivity index (χ0n) is 22.6. The number of ether oxygens (including phenoxy) is 1. The molecule has 0 fully saturated rings. The molecule has 1 N–H and O–H groups in total. The number of oxime groups is 1. The van der Waals surface area contributed by atoms with Crippen molar-refractivity contribution in [3.63, 3.8) is 0 Å². The molecular weight excluding hydrogens is 463 g/mol. The van der Waals surface area contributed by atoms with E-state index in [2.05, 4.69) is 15.6 Å². The summed E-state index contributed by atoms with van der Waals surface area (Å²) in [6, 6.07) is 5.74. The first-order chi connectivity index (χ1) is 16.9. The van der Waals surface area contributed by atoms with Gasteiger partial charge in [0.15, 0.2) is 0 Å². The van der Waals surface area contributed by atoms with Crippen molar-refractivity contribution in [1.82, 2.24) is 15.1 Å². The fourth-order valence-electron chi connectivity index (χ4n) is 3.48. The molecular formula is C27H39FN4O4. The Labute approximate surface area is 212 Å². The number of benzene rings is 1. The highest BCUT2D eigenvalue weighted by Gasteiger charge is 2.21. The van der Waals surface area contributed by atoms with Gasteiger partial charge in [0.2, 0.25) is 5.91 Å². The number of hydrogen-bond acceptors (Lipinski definition) is 6. The van der Waals surface area contributed by atoms with Crippen LogP contribution in [0.25, 0.3) is 0 Å². The molecule has 198 valence electrons. The van der Waals surface area contributed by atoms with Crippen molar-refractivity contribution >= 4 is 11.6 Å². The Balaban J connectivity index is 2.48. The Morgan fingerprint density at radius 2 is 1.78 bits per heavy atom. The summed E-state index contributed by atoms with van der Waals surface area (Å²) in [7, 11) is 1.53. The molecule has 2 rings (SSSR count). The average Bonchev–Trinajstić information content (AvgIpc) is 2.82. The van der Waals surface area contributed by atoms with E-state index in [-0.39, 0.29) is 47.8 Å². The van der Waals surface area contributed by atoms with Gasteiger partial charge in [-0.2, -0.15) is 5.10 Å². The first-order valence-corrected chi connectivity index (χ1v) is 12.4. The average molecular weight is 503 g/mol. The molecule has 1 aromatic heterocycles. The number of hydrogen-bond donors (Lipinski definition) is 1. The summed E-state index contributed by atoms with van der Waals surface area (Å²) in [5.74, 6) is 0.00333. The van der Waals surface area contributed by atoms with Crippen molar-refractivity contribution in [2.75, 3.05) is 7.11 Å². The van der Waals surface area contributed by atoms with Crippen LogP contribution in [0.2, 0.25) is 0 Å². The van der Waals surface area contributed by atoms with Crippen LogP contribution in [0.3, 0.4) is 0 Å². The summed E-state index contributed by atoms with van der Waals surface area (Å²) in [5, 5.41) is 11.7. The molecule has 0 aliphatic rings. The summed E-state index contributed by atoms with van der Waals surface area (Å²) >= 11 is 0. The summed E-state index contributed by atoms with van der Waals surface area (Å²) in [6.07, 6.45) is 0.634. The summed E-state index contributed by atoms with van der Waals surface area (Å²) < 4.78 is 20.6. The van der Waals surface area contributed by atoms with E-state index in [0.717, 1.165) is 0 Å². The van der Waals surface area contributed by atoms with E-state index in [1.807, 2.05) is 41.5 Å². The van der Waals surface area contributed by atoms with Gasteiger partial charge in [0.1, 0.15) is 29.1 Å². The molecule has 1 heterocycles. The van der Waals surface area contributed by atoms with Gasteiger partial charge in [-0.3, -0.25) is 9.59 Å². The van der Waals surface area contributed by atoms with E-state index >= 15 is 0 Å². The molecule has 1 unspecified atom stereocenters. The lowest BCUT2D eigenvalue weighted by molar-refractivity contribution is -0.125. The number of aromatic nitrogens is 2. The minimum Gasteiger partial charge on any atom is -0.496 e. The van der Waals surface area contributed by atoms with Crippen LogP contribution in [-0.4, -0.2) is 40.7 Å². The minimum atomic E-state index is -0.367. The number of halogens is 1. The fourth-order valence-corrected chi connectivity index (χ4v) is 3.48. The van der Waals surface area contributed by atoms with E-state index < -0.39 is 0 Å². The number of carbonyl (C=O) groups excluding carboxylic acids is 1. The van der Waals surface area contributed by atoms with Crippen LogP contribution >= 0.6 is 0 Å². The lowest BCUT2D eigenvalue weighted by Crippen LogP contribution is -2.46. The number of methoxy groups -OCH3 is 1. The zero-order chi connectivity index (χ0) is 27.0. The molecule has 8 nitrogen and oxygen atoms in total.